The van der Waals surface area contributed by atoms with Crippen LogP contribution in [0, 0.1) is 20.8 Å². The van der Waals surface area contributed by atoms with E-state index in [9.17, 15) is 23.1 Å². The smallest absolute Gasteiger partial charge is 0.244 e. The van der Waals surface area contributed by atoms with E-state index < -0.39 is 27.5 Å². The van der Waals surface area contributed by atoms with Gasteiger partial charge in [0, 0.05) is 12.1 Å². The number of hydrogen-bond acceptors (Lipinski definition) is 5. The molecule has 0 radical (unpaired) electrons. The van der Waals surface area contributed by atoms with Crippen molar-refractivity contribution >= 4 is 21.8 Å². The van der Waals surface area contributed by atoms with E-state index in [1.807, 2.05) is 37.3 Å². The molecule has 0 bridgehead atoms. The third-order valence-electron chi connectivity index (χ3n) is 7.25. The molecular weight excluding hydrogens is 490 g/mol. The van der Waals surface area contributed by atoms with E-state index in [0.29, 0.717) is 11.1 Å². The van der Waals surface area contributed by atoms with Crippen molar-refractivity contribution in [1.82, 2.24) is 14.9 Å². The van der Waals surface area contributed by atoms with Gasteiger partial charge in [0.25, 0.3) is 0 Å². The Morgan fingerprint density at radius 3 is 2.49 bits per heavy atom. The summed E-state index contributed by atoms with van der Waals surface area (Å²) in [6.07, 6.45) is 2.24. The van der Waals surface area contributed by atoms with Crippen molar-refractivity contribution in [2.45, 2.75) is 89.4 Å². The van der Waals surface area contributed by atoms with Crippen molar-refractivity contribution < 1.29 is 23.1 Å². The van der Waals surface area contributed by atoms with Gasteiger partial charge in [0.2, 0.25) is 21.8 Å². The molecule has 8 nitrogen and oxygen atoms in total. The Morgan fingerprint density at radius 2 is 1.84 bits per heavy atom. The van der Waals surface area contributed by atoms with Crippen LogP contribution in [0.15, 0.2) is 35.2 Å². The van der Waals surface area contributed by atoms with Gasteiger partial charge in [0.15, 0.2) is 0 Å². The molecule has 4 rings (SSSR count). The number of aryl methyl sites for hydroxylation is 4. The van der Waals surface area contributed by atoms with Crippen LogP contribution in [0.5, 0.6) is 0 Å². The molecule has 1 aliphatic carbocycles. The number of aliphatic hydroxyl groups is 1. The summed E-state index contributed by atoms with van der Waals surface area (Å²) in [5, 5.41) is 15.4. The van der Waals surface area contributed by atoms with Gasteiger partial charge >= 0.3 is 0 Å². The van der Waals surface area contributed by atoms with Gasteiger partial charge in [-0.1, -0.05) is 35.9 Å². The van der Waals surface area contributed by atoms with Crippen LogP contribution in [-0.4, -0.2) is 47.8 Å². The van der Waals surface area contributed by atoms with Crippen LogP contribution >= 0.6 is 0 Å². The molecule has 37 heavy (non-hydrogen) atoms. The molecule has 2 atom stereocenters. The van der Waals surface area contributed by atoms with E-state index in [2.05, 4.69) is 10.6 Å². The van der Waals surface area contributed by atoms with Crippen LogP contribution in [-0.2, 0) is 32.6 Å². The van der Waals surface area contributed by atoms with Crippen molar-refractivity contribution in [1.29, 1.82) is 0 Å². The zero-order valence-electron chi connectivity index (χ0n) is 22.2. The fourth-order valence-electron chi connectivity index (χ4n) is 5.77. The lowest BCUT2D eigenvalue weighted by Gasteiger charge is -2.43. The summed E-state index contributed by atoms with van der Waals surface area (Å²) in [5.41, 5.74) is 4.33. The number of nitrogens with one attached hydrogen (secondary N) is 2. The molecule has 2 aromatic carbocycles. The number of carbonyl (C=O) groups excluding carboxylic acids is 2. The van der Waals surface area contributed by atoms with Gasteiger partial charge in [-0.15, -0.1) is 0 Å². The van der Waals surface area contributed by atoms with Crippen LogP contribution in [0.4, 0.5) is 0 Å². The lowest BCUT2D eigenvalue weighted by Crippen LogP contribution is -2.66. The predicted molar refractivity (Wildman–Crippen MR) is 141 cm³/mol. The molecule has 0 aromatic heterocycles. The highest BCUT2D eigenvalue weighted by Crippen LogP contribution is 2.33. The molecule has 1 aliphatic heterocycles. The molecule has 0 unspecified atom stereocenters. The molecule has 9 heteroatoms. The maximum absolute atomic E-state index is 14.0. The first-order valence-electron chi connectivity index (χ1n) is 12.8. The lowest BCUT2D eigenvalue weighted by molar-refractivity contribution is -0.134. The topological polar surface area (TPSA) is 116 Å². The lowest BCUT2D eigenvalue weighted by atomic mass is 9.86. The molecule has 2 aromatic rings. The highest BCUT2D eigenvalue weighted by Gasteiger charge is 2.46. The summed E-state index contributed by atoms with van der Waals surface area (Å²) in [4.78, 5) is 26.6. The molecule has 0 saturated carbocycles. The fraction of sp³-hybridized carbons (Fsp3) is 0.500. The Hall–Kier alpha value is -2.75. The van der Waals surface area contributed by atoms with Gasteiger partial charge in [-0.2, -0.15) is 4.31 Å². The van der Waals surface area contributed by atoms with E-state index in [-0.39, 0.29) is 36.4 Å². The predicted octanol–water partition coefficient (Wildman–Crippen LogP) is 2.96. The van der Waals surface area contributed by atoms with Gasteiger partial charge in [-0.3, -0.25) is 9.59 Å². The summed E-state index contributed by atoms with van der Waals surface area (Å²) in [6.45, 7) is 8.99. The van der Waals surface area contributed by atoms with Gasteiger partial charge in [-0.05, 0) is 81.7 Å². The first-order chi connectivity index (χ1) is 17.3. The van der Waals surface area contributed by atoms with Gasteiger partial charge in [-0.25, -0.2) is 8.42 Å². The number of rotatable bonds is 6. The fourth-order valence-corrected chi connectivity index (χ4v) is 7.93. The molecule has 0 spiro atoms. The number of nitrogens with zero attached hydrogens (tertiary/aromatic N) is 1. The average molecular weight is 528 g/mol. The van der Waals surface area contributed by atoms with Crippen LogP contribution < -0.4 is 10.6 Å². The van der Waals surface area contributed by atoms with E-state index in [4.69, 9.17) is 0 Å². The highest BCUT2D eigenvalue weighted by molar-refractivity contribution is 7.89. The second-order valence-electron chi connectivity index (χ2n) is 11.1. The number of piperazine rings is 1. The number of carbonyl (C=O) groups is 2. The Kier molecular flexibility index (Phi) is 7.52. The maximum Gasteiger partial charge on any atom is 0.244 e. The van der Waals surface area contributed by atoms with Crippen LogP contribution in [0.3, 0.4) is 0 Å². The van der Waals surface area contributed by atoms with Gasteiger partial charge in [0.05, 0.1) is 24.0 Å². The molecule has 200 valence electrons. The number of fused-ring (bicyclic) bond motifs is 1. The summed E-state index contributed by atoms with van der Waals surface area (Å²) < 4.78 is 29.2. The molecule has 3 N–H and O–H groups in total. The molecule has 1 heterocycles. The van der Waals surface area contributed by atoms with Crippen molar-refractivity contribution in [3.63, 3.8) is 0 Å². The van der Waals surface area contributed by atoms with Gasteiger partial charge in [0.1, 0.15) is 6.04 Å². The monoisotopic (exact) mass is 527 g/mol. The minimum Gasteiger partial charge on any atom is -0.392 e. The van der Waals surface area contributed by atoms with Crippen LogP contribution in [0.1, 0.15) is 72.5 Å². The number of sulfonamides is 1. The molecule has 2 aliphatic rings. The van der Waals surface area contributed by atoms with Gasteiger partial charge < -0.3 is 15.7 Å². The molecular formula is C28H37N3O5S. The Balaban J connectivity index is 1.61. The Labute approximate surface area is 219 Å². The highest BCUT2D eigenvalue weighted by atomic mass is 32.2. The summed E-state index contributed by atoms with van der Waals surface area (Å²) in [5.74, 6) is -0.851. The third-order valence-corrected chi connectivity index (χ3v) is 9.41. The maximum atomic E-state index is 14.0. The minimum absolute atomic E-state index is 0.0400. The normalized spacial score (nSPS) is 21.7. The third kappa shape index (κ3) is 5.58. The second kappa shape index (κ2) is 10.2. The summed E-state index contributed by atoms with van der Waals surface area (Å²) in [6, 6.07) is 8.00. The van der Waals surface area contributed by atoms with Crippen molar-refractivity contribution in [3.05, 3.63) is 63.7 Å². The second-order valence-corrected chi connectivity index (χ2v) is 12.9. The largest absolute Gasteiger partial charge is 0.392 e. The SMILES string of the molecule is Cc1cc(C)c(S(=O)(=O)N2CC(C)(C)NC(=O)[C@H]2CC(=O)N[C@@H]2CCCc3cc(CO)ccc32)c(C)c1. The van der Waals surface area contributed by atoms with Crippen LogP contribution in [0.25, 0.3) is 0 Å². The number of hydrogen-bond donors (Lipinski definition) is 3. The van der Waals surface area contributed by atoms with Crippen molar-refractivity contribution in [3.8, 4) is 0 Å². The number of aliphatic hydroxyl groups excluding tert-OH is 1. The van der Waals surface area contributed by atoms with E-state index in [0.717, 1.165) is 41.5 Å². The first kappa shape index (κ1) is 27.3. The first-order valence-corrected chi connectivity index (χ1v) is 14.2. The number of benzene rings is 2. The Bertz CT molecular complexity index is 1310. The van der Waals surface area contributed by atoms with E-state index in [1.54, 1.807) is 27.7 Å². The summed E-state index contributed by atoms with van der Waals surface area (Å²) in [7, 11) is -4.06. The molecule has 1 saturated heterocycles. The number of amides is 2. The van der Waals surface area contributed by atoms with Crippen molar-refractivity contribution in [2.75, 3.05) is 6.54 Å². The average Bonchev–Trinajstić information content (AvgIpc) is 2.79. The molecule has 2 amide bonds. The van der Waals surface area contributed by atoms with Crippen LogP contribution in [0.2, 0.25) is 0 Å². The minimum atomic E-state index is -4.06. The summed E-state index contributed by atoms with van der Waals surface area (Å²) >= 11 is 0. The zero-order chi connectivity index (χ0) is 27.1. The zero-order valence-corrected chi connectivity index (χ0v) is 23.0. The Morgan fingerprint density at radius 1 is 1.16 bits per heavy atom. The standard InChI is InChI=1S/C28H37N3O5S/c1-17-11-18(2)26(19(3)12-17)37(35,36)31-16-28(4,5)30-27(34)24(31)14-25(33)29-23-8-6-7-21-13-20(15-32)9-10-22(21)23/h9-13,23-24,32H,6-8,14-16H2,1-5H3,(H,29,33)(H,30,34)/t23-,24-/m1/s1. The molecule has 1 fully saturated rings. The van der Waals surface area contributed by atoms with E-state index in [1.165, 1.54) is 4.31 Å². The van der Waals surface area contributed by atoms with E-state index >= 15 is 0 Å². The van der Waals surface area contributed by atoms with Crippen molar-refractivity contribution in [2.24, 2.45) is 0 Å². The quantitative estimate of drug-likeness (QED) is 0.534.